The van der Waals surface area contributed by atoms with Gasteiger partial charge in [-0.1, -0.05) is 60.7 Å². The lowest BCUT2D eigenvalue weighted by atomic mass is 9.89. The molecule has 0 aliphatic heterocycles. The van der Waals surface area contributed by atoms with Crippen molar-refractivity contribution in [2.24, 2.45) is 0 Å². The maximum atomic E-state index is 13.2. The number of allylic oxidation sites excluding steroid dienone is 2. The molecular weight excluding hydrogens is 384 g/mol. The van der Waals surface area contributed by atoms with E-state index in [-0.39, 0.29) is 34.6 Å². The van der Waals surface area contributed by atoms with E-state index in [2.05, 4.69) is 10.6 Å². The number of ketones is 2. The van der Waals surface area contributed by atoms with Crippen LogP contribution in [0, 0.1) is 0 Å². The SMILES string of the molecule is C[C@H](NC1=C(NC(=O)c2cccs2)C(=O)c2ccccc2C1=O)c1ccccc1. The van der Waals surface area contributed by atoms with E-state index in [0.717, 1.165) is 5.56 Å². The van der Waals surface area contributed by atoms with Crippen LogP contribution in [0.15, 0.2) is 83.5 Å². The van der Waals surface area contributed by atoms with E-state index in [1.54, 1.807) is 41.8 Å². The van der Waals surface area contributed by atoms with Crippen LogP contribution in [0.2, 0.25) is 0 Å². The molecule has 1 heterocycles. The number of carbonyl (C=O) groups excluding carboxylic acids is 3. The number of amides is 1. The van der Waals surface area contributed by atoms with Gasteiger partial charge in [0.15, 0.2) is 0 Å². The first-order valence-corrected chi connectivity index (χ1v) is 10.0. The molecule has 1 atom stereocenters. The molecule has 1 aromatic heterocycles. The van der Waals surface area contributed by atoms with Gasteiger partial charge >= 0.3 is 0 Å². The largest absolute Gasteiger partial charge is 0.374 e. The highest BCUT2D eigenvalue weighted by molar-refractivity contribution is 7.12. The van der Waals surface area contributed by atoms with Crippen molar-refractivity contribution >= 4 is 28.8 Å². The molecule has 6 heteroatoms. The summed E-state index contributed by atoms with van der Waals surface area (Å²) < 4.78 is 0. The molecule has 1 amide bonds. The van der Waals surface area contributed by atoms with Crippen LogP contribution in [0.5, 0.6) is 0 Å². The Kier molecular flexibility index (Phi) is 5.10. The fourth-order valence-corrected chi connectivity index (χ4v) is 3.88. The molecule has 0 fully saturated rings. The van der Waals surface area contributed by atoms with Crippen molar-refractivity contribution in [2.75, 3.05) is 0 Å². The number of nitrogens with one attached hydrogen (secondary N) is 2. The van der Waals surface area contributed by atoms with Gasteiger partial charge in [-0.15, -0.1) is 11.3 Å². The molecule has 5 nitrogen and oxygen atoms in total. The summed E-state index contributed by atoms with van der Waals surface area (Å²) in [6.45, 7) is 1.90. The van der Waals surface area contributed by atoms with Crippen molar-refractivity contribution in [2.45, 2.75) is 13.0 Å². The molecule has 4 rings (SSSR count). The van der Waals surface area contributed by atoms with Crippen LogP contribution < -0.4 is 10.6 Å². The second-order valence-corrected chi connectivity index (χ2v) is 7.61. The smallest absolute Gasteiger partial charge is 0.265 e. The lowest BCUT2D eigenvalue weighted by Gasteiger charge is -2.25. The zero-order valence-corrected chi connectivity index (χ0v) is 16.5. The predicted octanol–water partition coefficient (Wildman–Crippen LogP) is 4.12. The van der Waals surface area contributed by atoms with Crippen LogP contribution >= 0.6 is 11.3 Å². The monoisotopic (exact) mass is 402 g/mol. The first-order valence-electron chi connectivity index (χ1n) is 9.15. The van der Waals surface area contributed by atoms with Gasteiger partial charge in [0.1, 0.15) is 11.4 Å². The van der Waals surface area contributed by atoms with Gasteiger partial charge in [-0.3, -0.25) is 14.4 Å². The molecule has 144 valence electrons. The topological polar surface area (TPSA) is 75.3 Å². The molecule has 0 radical (unpaired) electrons. The number of hydrogen-bond acceptors (Lipinski definition) is 5. The lowest BCUT2D eigenvalue weighted by Crippen LogP contribution is -2.38. The normalized spacial score (nSPS) is 14.4. The van der Waals surface area contributed by atoms with Crippen LogP contribution in [0.4, 0.5) is 0 Å². The van der Waals surface area contributed by atoms with Crippen molar-refractivity contribution in [1.29, 1.82) is 0 Å². The number of thiophene rings is 1. The molecule has 0 saturated carbocycles. The van der Waals surface area contributed by atoms with Gasteiger partial charge < -0.3 is 10.6 Å². The number of Topliss-reactive ketones (excluding diaryl/α,β-unsaturated/α-hetero) is 2. The number of carbonyl (C=O) groups is 3. The van der Waals surface area contributed by atoms with Gasteiger partial charge in [0.25, 0.3) is 5.91 Å². The summed E-state index contributed by atoms with van der Waals surface area (Å²) in [5.74, 6) is -1.11. The number of fused-ring (bicyclic) bond motifs is 1. The number of rotatable bonds is 5. The summed E-state index contributed by atoms with van der Waals surface area (Å²) >= 11 is 1.27. The number of hydrogen-bond donors (Lipinski definition) is 2. The van der Waals surface area contributed by atoms with Crippen molar-refractivity contribution in [1.82, 2.24) is 10.6 Å². The van der Waals surface area contributed by atoms with Crippen LogP contribution in [0.3, 0.4) is 0 Å². The minimum Gasteiger partial charge on any atom is -0.374 e. The van der Waals surface area contributed by atoms with E-state index >= 15 is 0 Å². The highest BCUT2D eigenvalue weighted by Gasteiger charge is 2.34. The fraction of sp³-hybridized carbons (Fsp3) is 0.0870. The molecule has 1 aliphatic carbocycles. The Bertz CT molecular complexity index is 1120. The van der Waals surface area contributed by atoms with Gasteiger partial charge in [0.2, 0.25) is 11.6 Å². The molecule has 0 unspecified atom stereocenters. The van der Waals surface area contributed by atoms with E-state index in [1.165, 1.54) is 11.3 Å². The van der Waals surface area contributed by atoms with Crippen LogP contribution in [0.25, 0.3) is 0 Å². The van der Waals surface area contributed by atoms with Crippen molar-refractivity contribution < 1.29 is 14.4 Å². The van der Waals surface area contributed by atoms with Crippen LogP contribution in [-0.2, 0) is 0 Å². The fourth-order valence-electron chi connectivity index (χ4n) is 3.26. The standard InChI is InChI=1S/C23H18N2O3S/c1-14(15-8-3-2-4-9-15)24-19-20(25-23(28)18-12-7-13-29-18)22(27)17-11-6-5-10-16(17)21(19)26/h2-14,24H,1H3,(H,25,28)/t14-/m0/s1. The van der Waals surface area contributed by atoms with Crippen molar-refractivity contribution in [3.05, 3.63) is 105 Å². The van der Waals surface area contributed by atoms with Gasteiger partial charge in [0.05, 0.1) is 4.88 Å². The quantitative estimate of drug-likeness (QED) is 0.673. The Morgan fingerprint density at radius 2 is 1.45 bits per heavy atom. The van der Waals surface area contributed by atoms with Crippen LogP contribution in [0.1, 0.15) is 48.9 Å². The summed E-state index contributed by atoms with van der Waals surface area (Å²) in [6, 6.07) is 19.4. The Labute approximate surface area is 172 Å². The zero-order valence-electron chi connectivity index (χ0n) is 15.6. The first kappa shape index (κ1) is 18.8. The maximum Gasteiger partial charge on any atom is 0.265 e. The second-order valence-electron chi connectivity index (χ2n) is 6.66. The highest BCUT2D eigenvalue weighted by atomic mass is 32.1. The Balaban J connectivity index is 1.75. The maximum absolute atomic E-state index is 13.2. The molecule has 0 saturated heterocycles. The number of benzene rings is 2. The van der Waals surface area contributed by atoms with Crippen LogP contribution in [-0.4, -0.2) is 17.5 Å². The molecular formula is C23H18N2O3S. The molecule has 0 bridgehead atoms. The van der Waals surface area contributed by atoms with E-state index in [4.69, 9.17) is 0 Å². The molecule has 3 aromatic rings. The lowest BCUT2D eigenvalue weighted by molar-refractivity contribution is 0.0918. The zero-order chi connectivity index (χ0) is 20.4. The Morgan fingerprint density at radius 1 is 0.828 bits per heavy atom. The van der Waals surface area contributed by atoms with Crippen molar-refractivity contribution in [3.8, 4) is 0 Å². The molecule has 2 N–H and O–H groups in total. The van der Waals surface area contributed by atoms with E-state index < -0.39 is 5.91 Å². The van der Waals surface area contributed by atoms with Gasteiger partial charge in [-0.05, 0) is 23.9 Å². The highest BCUT2D eigenvalue weighted by Crippen LogP contribution is 2.26. The third-order valence-corrected chi connectivity index (χ3v) is 5.63. The third kappa shape index (κ3) is 3.62. The van der Waals surface area contributed by atoms with Gasteiger partial charge in [-0.2, -0.15) is 0 Å². The van der Waals surface area contributed by atoms with E-state index in [1.807, 2.05) is 37.3 Å². The summed E-state index contributed by atoms with van der Waals surface area (Å²) in [5, 5.41) is 7.60. The summed E-state index contributed by atoms with van der Waals surface area (Å²) in [6.07, 6.45) is 0. The minimum absolute atomic E-state index is 0.0186. The molecule has 2 aromatic carbocycles. The third-order valence-electron chi connectivity index (χ3n) is 4.76. The first-order chi connectivity index (χ1) is 14.1. The summed E-state index contributed by atoms with van der Waals surface area (Å²) in [4.78, 5) is 39.4. The Hall–Kier alpha value is -3.51. The summed E-state index contributed by atoms with van der Waals surface area (Å²) in [7, 11) is 0. The molecule has 1 aliphatic rings. The predicted molar refractivity (Wildman–Crippen MR) is 112 cm³/mol. The molecule has 0 spiro atoms. The van der Waals surface area contributed by atoms with Gasteiger partial charge in [-0.25, -0.2) is 0 Å². The summed E-state index contributed by atoms with van der Waals surface area (Å²) in [5.41, 5.74) is 1.67. The van der Waals surface area contributed by atoms with Gasteiger partial charge in [0, 0.05) is 17.2 Å². The van der Waals surface area contributed by atoms with E-state index in [0.29, 0.717) is 10.4 Å². The average Bonchev–Trinajstić information content (AvgIpc) is 3.30. The Morgan fingerprint density at radius 3 is 2.07 bits per heavy atom. The van der Waals surface area contributed by atoms with E-state index in [9.17, 15) is 14.4 Å². The average molecular weight is 402 g/mol. The minimum atomic E-state index is -0.415. The second kappa shape index (κ2) is 7.85. The molecule has 29 heavy (non-hydrogen) atoms. The van der Waals surface area contributed by atoms with Crippen molar-refractivity contribution in [3.63, 3.8) is 0 Å².